The van der Waals surface area contributed by atoms with Crippen LogP contribution >= 0.6 is 0 Å². The third-order valence-electron chi connectivity index (χ3n) is 5.19. The fourth-order valence-corrected chi connectivity index (χ4v) is 3.73. The van der Waals surface area contributed by atoms with Gasteiger partial charge in [-0.15, -0.1) is 0 Å². The van der Waals surface area contributed by atoms with Crippen LogP contribution in [-0.2, 0) is 13.0 Å². The number of nitrogens with zero attached hydrogens (tertiary/aromatic N) is 2. The Balaban J connectivity index is 1.23. The van der Waals surface area contributed by atoms with Gasteiger partial charge in [-0.1, -0.05) is 35.5 Å². The number of carbonyl (C=O) groups is 1. The molecular formula is C23H19N3O3. The minimum Gasteiger partial charge on any atom is -0.486 e. The van der Waals surface area contributed by atoms with E-state index in [9.17, 15) is 4.79 Å². The number of benzene rings is 2. The van der Waals surface area contributed by atoms with E-state index in [4.69, 9.17) is 9.26 Å². The first-order chi connectivity index (χ1) is 14.3. The molecule has 1 aliphatic rings. The van der Waals surface area contributed by atoms with Gasteiger partial charge in [0.25, 0.3) is 5.91 Å². The average Bonchev–Trinajstić information content (AvgIpc) is 3.40. The zero-order valence-corrected chi connectivity index (χ0v) is 15.7. The number of fused-ring (bicyclic) bond motifs is 2. The van der Waals surface area contributed by atoms with Crippen molar-refractivity contribution in [2.24, 2.45) is 0 Å². The normalized spacial score (nSPS) is 15.2. The maximum atomic E-state index is 12.6. The number of nitrogens with one attached hydrogen (secondary N) is 1. The number of hydrogen-bond acceptors (Lipinski definition) is 5. The maximum absolute atomic E-state index is 12.6. The van der Waals surface area contributed by atoms with Gasteiger partial charge in [0.15, 0.2) is 11.5 Å². The molecule has 0 radical (unpaired) electrons. The second kappa shape index (κ2) is 7.39. The Bertz CT molecular complexity index is 1180. The van der Waals surface area contributed by atoms with E-state index in [0.717, 1.165) is 23.7 Å². The molecule has 1 atom stereocenters. The molecule has 0 spiro atoms. The highest BCUT2D eigenvalue weighted by Crippen LogP contribution is 2.30. The molecule has 0 saturated carbocycles. The average molecular weight is 385 g/mol. The molecule has 6 nitrogen and oxygen atoms in total. The Morgan fingerprint density at radius 2 is 2.07 bits per heavy atom. The lowest BCUT2D eigenvalue weighted by Gasteiger charge is -2.12. The lowest BCUT2D eigenvalue weighted by atomic mass is 10.1. The Morgan fingerprint density at radius 1 is 1.14 bits per heavy atom. The highest BCUT2D eigenvalue weighted by molar-refractivity contribution is 5.92. The first kappa shape index (κ1) is 17.4. The molecule has 0 fully saturated rings. The van der Waals surface area contributed by atoms with E-state index in [2.05, 4.69) is 27.6 Å². The number of rotatable bonds is 5. The molecule has 29 heavy (non-hydrogen) atoms. The molecule has 1 amide bonds. The van der Waals surface area contributed by atoms with E-state index >= 15 is 0 Å². The van der Waals surface area contributed by atoms with Gasteiger partial charge in [-0.05, 0) is 48.2 Å². The zero-order valence-electron chi connectivity index (χ0n) is 15.7. The number of pyridine rings is 1. The summed E-state index contributed by atoms with van der Waals surface area (Å²) in [6.07, 6.45) is 3.63. The van der Waals surface area contributed by atoms with Crippen LogP contribution in [0.3, 0.4) is 0 Å². The van der Waals surface area contributed by atoms with Gasteiger partial charge < -0.3 is 14.6 Å². The van der Waals surface area contributed by atoms with Crippen molar-refractivity contribution in [1.29, 1.82) is 0 Å². The molecule has 0 saturated heterocycles. The first-order valence-electron chi connectivity index (χ1n) is 9.58. The van der Waals surface area contributed by atoms with Gasteiger partial charge >= 0.3 is 0 Å². The molecule has 1 N–H and O–H groups in total. The minimum atomic E-state index is -0.238. The lowest BCUT2D eigenvalue weighted by molar-refractivity contribution is 0.0927. The summed E-state index contributed by atoms with van der Waals surface area (Å²) >= 11 is 0. The smallest absolute Gasteiger partial charge is 0.273 e. The molecular weight excluding hydrogens is 366 g/mol. The second-order valence-electron chi connectivity index (χ2n) is 7.09. The van der Waals surface area contributed by atoms with Gasteiger partial charge in [0.2, 0.25) is 0 Å². The summed E-state index contributed by atoms with van der Waals surface area (Å²) in [5.41, 5.74) is 3.64. The molecule has 0 aliphatic heterocycles. The highest BCUT2D eigenvalue weighted by atomic mass is 16.5. The van der Waals surface area contributed by atoms with E-state index in [1.54, 1.807) is 12.3 Å². The van der Waals surface area contributed by atoms with Gasteiger partial charge in [-0.25, -0.2) is 0 Å². The van der Waals surface area contributed by atoms with Crippen LogP contribution in [0.5, 0.6) is 5.75 Å². The molecule has 2 aromatic carbocycles. The molecule has 2 aromatic heterocycles. The third-order valence-corrected chi connectivity index (χ3v) is 5.19. The van der Waals surface area contributed by atoms with Gasteiger partial charge in [0, 0.05) is 17.6 Å². The fourth-order valence-electron chi connectivity index (χ4n) is 3.73. The maximum Gasteiger partial charge on any atom is 0.273 e. The van der Waals surface area contributed by atoms with Gasteiger partial charge in [0.05, 0.1) is 11.6 Å². The molecule has 0 bridgehead atoms. The molecule has 1 aliphatic carbocycles. The second-order valence-corrected chi connectivity index (χ2v) is 7.09. The monoisotopic (exact) mass is 385 g/mol. The quantitative estimate of drug-likeness (QED) is 0.557. The Morgan fingerprint density at radius 3 is 3.03 bits per heavy atom. The van der Waals surface area contributed by atoms with E-state index in [0.29, 0.717) is 11.5 Å². The van der Waals surface area contributed by atoms with Crippen molar-refractivity contribution in [3.05, 3.63) is 89.4 Å². The summed E-state index contributed by atoms with van der Waals surface area (Å²) in [7, 11) is 0. The van der Waals surface area contributed by atoms with Crippen LogP contribution in [0.4, 0.5) is 0 Å². The first-order valence-corrected chi connectivity index (χ1v) is 9.58. The van der Waals surface area contributed by atoms with Crippen LogP contribution in [0.2, 0.25) is 0 Å². The topological polar surface area (TPSA) is 77.2 Å². The standard InChI is InChI=1S/C23H19N3O3/c27-23(25-21-9-7-15-4-1-2-6-19(15)21)22-13-18(29-26-22)14-28-17-8-10-20-16(12-17)5-3-11-24-20/h1-6,8,10-13,21H,7,9,14H2,(H,25,27). The van der Waals surface area contributed by atoms with Gasteiger partial charge in [-0.3, -0.25) is 9.78 Å². The Kier molecular flexibility index (Phi) is 4.44. The molecule has 2 heterocycles. The number of aryl methyl sites for hydroxylation is 1. The summed E-state index contributed by atoms with van der Waals surface area (Å²) in [5, 5.41) is 7.95. The SMILES string of the molecule is O=C(NC1CCc2ccccc21)c1cc(COc2ccc3ncccc3c2)on1. The van der Waals surface area contributed by atoms with Crippen molar-refractivity contribution < 1.29 is 14.1 Å². The largest absolute Gasteiger partial charge is 0.486 e. The van der Waals surface area contributed by atoms with Crippen molar-refractivity contribution in [3.8, 4) is 5.75 Å². The number of amides is 1. The van der Waals surface area contributed by atoms with E-state index in [1.165, 1.54) is 11.1 Å². The summed E-state index contributed by atoms with van der Waals surface area (Å²) < 4.78 is 11.1. The van der Waals surface area contributed by atoms with E-state index < -0.39 is 0 Å². The number of ether oxygens (including phenoxy) is 1. The van der Waals surface area contributed by atoms with Crippen LogP contribution in [0.15, 0.2) is 71.4 Å². The lowest BCUT2D eigenvalue weighted by Crippen LogP contribution is -2.27. The summed E-state index contributed by atoms with van der Waals surface area (Å²) in [5.74, 6) is 0.960. The summed E-state index contributed by atoms with van der Waals surface area (Å²) in [6, 6.07) is 19.4. The number of hydrogen-bond donors (Lipinski definition) is 1. The van der Waals surface area contributed by atoms with Crippen LogP contribution < -0.4 is 10.1 Å². The van der Waals surface area contributed by atoms with Gasteiger partial charge in [0.1, 0.15) is 12.4 Å². The summed E-state index contributed by atoms with van der Waals surface area (Å²) in [6.45, 7) is 0.193. The molecule has 1 unspecified atom stereocenters. The molecule has 6 heteroatoms. The predicted molar refractivity (Wildman–Crippen MR) is 108 cm³/mol. The van der Waals surface area contributed by atoms with Crippen molar-refractivity contribution in [1.82, 2.24) is 15.5 Å². The van der Waals surface area contributed by atoms with Crippen molar-refractivity contribution >= 4 is 16.8 Å². The summed E-state index contributed by atoms with van der Waals surface area (Å²) in [4.78, 5) is 16.9. The third kappa shape index (κ3) is 3.57. The highest BCUT2D eigenvalue weighted by Gasteiger charge is 2.25. The van der Waals surface area contributed by atoms with E-state index in [-0.39, 0.29) is 24.2 Å². The number of aromatic nitrogens is 2. The van der Waals surface area contributed by atoms with E-state index in [1.807, 2.05) is 42.5 Å². The predicted octanol–water partition coefficient (Wildman–Crippen LogP) is 4.22. The molecule has 144 valence electrons. The Hall–Kier alpha value is -3.67. The minimum absolute atomic E-state index is 0.0151. The van der Waals surface area contributed by atoms with Crippen molar-refractivity contribution in [2.75, 3.05) is 0 Å². The van der Waals surface area contributed by atoms with Crippen molar-refractivity contribution in [2.45, 2.75) is 25.5 Å². The molecule has 4 aromatic rings. The van der Waals surface area contributed by atoms with Crippen molar-refractivity contribution in [3.63, 3.8) is 0 Å². The zero-order chi connectivity index (χ0) is 19.6. The van der Waals surface area contributed by atoms with Crippen LogP contribution in [0, 0.1) is 0 Å². The Labute approximate surface area is 167 Å². The fraction of sp³-hybridized carbons (Fsp3) is 0.174. The van der Waals surface area contributed by atoms with Gasteiger partial charge in [-0.2, -0.15) is 0 Å². The van der Waals surface area contributed by atoms with Crippen LogP contribution in [0.1, 0.15) is 39.8 Å². The van der Waals surface area contributed by atoms with Crippen LogP contribution in [0.25, 0.3) is 10.9 Å². The number of carbonyl (C=O) groups excluding carboxylic acids is 1. The molecule has 5 rings (SSSR count). The van der Waals surface area contributed by atoms with Crippen LogP contribution in [-0.4, -0.2) is 16.0 Å².